The van der Waals surface area contributed by atoms with E-state index in [2.05, 4.69) is 58.4 Å². The Labute approximate surface area is 194 Å². The molecule has 1 atom stereocenters. The van der Waals surface area contributed by atoms with Crippen molar-refractivity contribution in [3.05, 3.63) is 72.7 Å². The van der Waals surface area contributed by atoms with Crippen molar-refractivity contribution in [3.63, 3.8) is 0 Å². The van der Waals surface area contributed by atoms with Gasteiger partial charge in [0.2, 0.25) is 0 Å². The number of nitrogens with one attached hydrogen (secondary N) is 1. The van der Waals surface area contributed by atoms with Gasteiger partial charge in [0.1, 0.15) is 18.0 Å². The van der Waals surface area contributed by atoms with Crippen molar-refractivity contribution < 1.29 is 0 Å². The van der Waals surface area contributed by atoms with Crippen LogP contribution in [-0.2, 0) is 0 Å². The molecule has 0 spiro atoms. The first kappa shape index (κ1) is 21.0. The predicted octanol–water partition coefficient (Wildman–Crippen LogP) is 5.23. The lowest BCUT2D eigenvalue weighted by Gasteiger charge is -2.23. The number of allylic oxidation sites excluding steroid dienone is 1. The molecule has 0 radical (unpaired) electrons. The third-order valence-corrected chi connectivity index (χ3v) is 6.17. The predicted molar refractivity (Wildman–Crippen MR) is 134 cm³/mol. The Bertz CT molecular complexity index is 1310. The van der Waals surface area contributed by atoms with Crippen LogP contribution in [0.3, 0.4) is 0 Å². The quantitative estimate of drug-likeness (QED) is 0.428. The van der Waals surface area contributed by atoms with E-state index in [0.29, 0.717) is 6.04 Å². The van der Waals surface area contributed by atoms with Crippen LogP contribution in [0.5, 0.6) is 0 Å². The highest BCUT2D eigenvalue weighted by atomic mass is 15.3. The van der Waals surface area contributed by atoms with Crippen molar-refractivity contribution in [1.29, 1.82) is 0 Å². The van der Waals surface area contributed by atoms with E-state index in [1.54, 1.807) is 10.8 Å². The van der Waals surface area contributed by atoms with Gasteiger partial charge in [-0.15, -0.1) is 0 Å². The zero-order valence-corrected chi connectivity index (χ0v) is 19.1. The van der Waals surface area contributed by atoms with Crippen LogP contribution in [0.15, 0.2) is 67.1 Å². The molecular weight excluding hydrogens is 410 g/mol. The summed E-state index contributed by atoms with van der Waals surface area (Å²) in [7, 11) is 0. The molecule has 168 valence electrons. The van der Waals surface area contributed by atoms with Gasteiger partial charge >= 0.3 is 0 Å². The highest BCUT2D eigenvalue weighted by molar-refractivity contribution is 5.80. The van der Waals surface area contributed by atoms with Gasteiger partial charge in [-0.25, -0.2) is 14.5 Å². The fourth-order valence-electron chi connectivity index (χ4n) is 4.46. The van der Waals surface area contributed by atoms with Crippen LogP contribution in [0.1, 0.15) is 38.7 Å². The first-order valence-corrected chi connectivity index (χ1v) is 11.5. The third-order valence-electron chi connectivity index (χ3n) is 6.17. The second-order valence-corrected chi connectivity index (χ2v) is 8.51. The molecule has 1 fully saturated rings. The number of hydrogen-bond acceptors (Lipinski definition) is 6. The van der Waals surface area contributed by atoms with E-state index in [9.17, 15) is 0 Å². The van der Waals surface area contributed by atoms with Crippen LogP contribution < -0.4 is 16.0 Å². The molecule has 1 aliphatic heterocycles. The Morgan fingerprint density at radius 2 is 2.06 bits per heavy atom. The molecule has 3 aromatic heterocycles. The Morgan fingerprint density at radius 3 is 2.88 bits per heavy atom. The molecule has 0 amide bonds. The van der Waals surface area contributed by atoms with Gasteiger partial charge in [0.15, 0.2) is 5.65 Å². The van der Waals surface area contributed by atoms with Gasteiger partial charge in [0.25, 0.3) is 0 Å². The first-order chi connectivity index (χ1) is 16.1. The molecule has 1 unspecified atom stereocenters. The standard InChI is InChI=1S/C26H29N7/c1-3-7-22(27)20-10-4-9-19(14-20)21-15-23(26-28-17-29-33(26)16-21)30-24-11-5-12-25(31-24)32-13-6-8-18(32)2/h4-5,7,9-12,14-18H,3,6,8,13,27H2,1-2H3,(H,30,31)/b22-7+. The topological polar surface area (TPSA) is 84.4 Å². The van der Waals surface area contributed by atoms with Crippen molar-refractivity contribution in [1.82, 2.24) is 19.6 Å². The number of aromatic nitrogens is 4. The second-order valence-electron chi connectivity index (χ2n) is 8.51. The van der Waals surface area contributed by atoms with Gasteiger partial charge in [0.05, 0.1) is 5.69 Å². The maximum Gasteiger partial charge on any atom is 0.178 e. The Kier molecular flexibility index (Phi) is 5.69. The smallest absolute Gasteiger partial charge is 0.178 e. The zero-order valence-electron chi connectivity index (χ0n) is 19.1. The fourth-order valence-corrected chi connectivity index (χ4v) is 4.46. The van der Waals surface area contributed by atoms with Crippen molar-refractivity contribution in [2.45, 2.75) is 39.2 Å². The number of fused-ring (bicyclic) bond motifs is 1. The largest absolute Gasteiger partial charge is 0.399 e. The number of anilines is 3. The Morgan fingerprint density at radius 1 is 1.18 bits per heavy atom. The third kappa shape index (κ3) is 4.26. The van der Waals surface area contributed by atoms with Crippen LogP contribution in [0.4, 0.5) is 17.3 Å². The normalized spacial score (nSPS) is 16.5. The first-order valence-electron chi connectivity index (χ1n) is 11.5. The summed E-state index contributed by atoms with van der Waals surface area (Å²) < 4.78 is 1.79. The van der Waals surface area contributed by atoms with E-state index < -0.39 is 0 Å². The minimum absolute atomic E-state index is 0.515. The van der Waals surface area contributed by atoms with Crippen LogP contribution in [0, 0.1) is 0 Å². The maximum atomic E-state index is 6.24. The summed E-state index contributed by atoms with van der Waals surface area (Å²) in [5.74, 6) is 1.79. The van der Waals surface area contributed by atoms with Crippen molar-refractivity contribution in [2.75, 3.05) is 16.8 Å². The molecule has 0 bridgehead atoms. The van der Waals surface area contributed by atoms with E-state index in [-0.39, 0.29) is 0 Å². The van der Waals surface area contributed by atoms with Crippen molar-refractivity contribution in [2.24, 2.45) is 5.73 Å². The van der Waals surface area contributed by atoms with E-state index in [0.717, 1.165) is 58.3 Å². The van der Waals surface area contributed by atoms with Gasteiger partial charge in [-0.3, -0.25) is 0 Å². The molecule has 0 aliphatic carbocycles. The number of rotatable bonds is 6. The molecule has 7 nitrogen and oxygen atoms in total. The number of nitrogens with zero attached hydrogens (tertiary/aromatic N) is 5. The molecule has 1 aromatic carbocycles. The molecule has 7 heteroatoms. The summed E-state index contributed by atoms with van der Waals surface area (Å²) >= 11 is 0. The lowest BCUT2D eigenvalue weighted by molar-refractivity contribution is 0.727. The lowest BCUT2D eigenvalue weighted by Crippen LogP contribution is -2.27. The molecule has 4 heterocycles. The van der Waals surface area contributed by atoms with Crippen LogP contribution in [0.25, 0.3) is 22.5 Å². The van der Waals surface area contributed by atoms with Crippen molar-refractivity contribution in [3.8, 4) is 11.1 Å². The summed E-state index contributed by atoms with van der Waals surface area (Å²) in [6.45, 7) is 5.39. The molecule has 33 heavy (non-hydrogen) atoms. The van der Waals surface area contributed by atoms with E-state index >= 15 is 0 Å². The Hall–Kier alpha value is -3.87. The average molecular weight is 440 g/mol. The molecule has 1 aliphatic rings. The minimum Gasteiger partial charge on any atom is -0.399 e. The van der Waals surface area contributed by atoms with Gasteiger partial charge in [0, 0.05) is 30.0 Å². The molecule has 5 rings (SSSR count). The summed E-state index contributed by atoms with van der Waals surface area (Å²) in [6, 6.07) is 17.0. The monoisotopic (exact) mass is 439 g/mol. The van der Waals surface area contributed by atoms with Gasteiger partial charge in [-0.2, -0.15) is 5.10 Å². The highest BCUT2D eigenvalue weighted by Gasteiger charge is 2.21. The Balaban J connectivity index is 1.51. The average Bonchev–Trinajstić information content (AvgIpc) is 3.48. The van der Waals surface area contributed by atoms with Gasteiger partial charge < -0.3 is 16.0 Å². The van der Waals surface area contributed by atoms with Gasteiger partial charge in [-0.1, -0.05) is 37.3 Å². The summed E-state index contributed by atoms with van der Waals surface area (Å²) in [6.07, 6.45) is 8.91. The molecule has 4 aromatic rings. The zero-order chi connectivity index (χ0) is 22.8. The van der Waals surface area contributed by atoms with E-state index in [4.69, 9.17) is 10.7 Å². The SMILES string of the molecule is CC/C=C(/N)c1cccc(-c2cc(Nc3cccc(N4CCCC4C)n3)c3ncnn3c2)c1. The molecular formula is C26H29N7. The van der Waals surface area contributed by atoms with Crippen LogP contribution in [-0.4, -0.2) is 32.2 Å². The van der Waals surface area contributed by atoms with E-state index in [1.807, 2.05) is 36.5 Å². The van der Waals surface area contributed by atoms with Crippen LogP contribution in [0.2, 0.25) is 0 Å². The minimum atomic E-state index is 0.515. The fraction of sp³-hybridized carbons (Fsp3) is 0.269. The molecule has 0 saturated carbocycles. The lowest BCUT2D eigenvalue weighted by atomic mass is 10.0. The summed E-state index contributed by atoms with van der Waals surface area (Å²) in [5.41, 5.74) is 11.7. The number of hydrogen-bond donors (Lipinski definition) is 2. The maximum absolute atomic E-state index is 6.24. The summed E-state index contributed by atoms with van der Waals surface area (Å²) in [5, 5.41) is 7.87. The molecule has 3 N–H and O–H groups in total. The number of benzene rings is 1. The molecule has 1 saturated heterocycles. The van der Waals surface area contributed by atoms with E-state index in [1.165, 1.54) is 12.8 Å². The number of nitrogens with two attached hydrogens (primary N) is 1. The van der Waals surface area contributed by atoms with Gasteiger partial charge in [-0.05, 0) is 61.6 Å². The number of pyridine rings is 2. The summed E-state index contributed by atoms with van der Waals surface area (Å²) in [4.78, 5) is 11.7. The second kappa shape index (κ2) is 8.94. The highest BCUT2D eigenvalue weighted by Crippen LogP contribution is 2.30. The van der Waals surface area contributed by atoms with Crippen molar-refractivity contribution >= 4 is 28.7 Å². The van der Waals surface area contributed by atoms with Crippen LogP contribution >= 0.6 is 0 Å².